The molecule has 29 heavy (non-hydrogen) atoms. The zero-order valence-corrected chi connectivity index (χ0v) is 15.9. The lowest BCUT2D eigenvalue weighted by Crippen LogP contribution is -2.20. The van der Waals surface area contributed by atoms with Crippen LogP contribution in [-0.4, -0.2) is 46.4 Å². The second kappa shape index (κ2) is 9.79. The van der Waals surface area contributed by atoms with Crippen LogP contribution in [0.5, 0.6) is 5.75 Å². The van der Waals surface area contributed by atoms with Crippen LogP contribution >= 0.6 is 0 Å². The number of imidazole rings is 1. The summed E-state index contributed by atoms with van der Waals surface area (Å²) in [6.07, 6.45) is 8.25. The second-order valence-electron chi connectivity index (χ2n) is 6.53. The Labute approximate surface area is 167 Å². The highest BCUT2D eigenvalue weighted by Crippen LogP contribution is 2.35. The summed E-state index contributed by atoms with van der Waals surface area (Å²) in [5.74, 6) is 1.24. The summed E-state index contributed by atoms with van der Waals surface area (Å²) in [4.78, 5) is 16.9. The number of methoxy groups -OCH3 is 1. The van der Waals surface area contributed by atoms with Crippen molar-refractivity contribution in [1.82, 2.24) is 14.5 Å². The Balaban J connectivity index is 0.000000755. The van der Waals surface area contributed by atoms with Gasteiger partial charge in [-0.25, -0.2) is 9.37 Å². The molecule has 0 saturated carbocycles. The van der Waals surface area contributed by atoms with Crippen LogP contribution in [0.1, 0.15) is 11.6 Å². The van der Waals surface area contributed by atoms with E-state index in [1.54, 1.807) is 12.3 Å². The van der Waals surface area contributed by atoms with E-state index in [1.807, 2.05) is 30.7 Å². The molecule has 0 radical (unpaired) electrons. The van der Waals surface area contributed by atoms with Crippen molar-refractivity contribution in [2.45, 2.75) is 12.5 Å². The van der Waals surface area contributed by atoms with Gasteiger partial charge in [0.15, 0.2) is 0 Å². The summed E-state index contributed by atoms with van der Waals surface area (Å²) in [7, 11) is 1.54. The molecule has 1 aliphatic rings. The Hall–Kier alpha value is -3.26. The number of halogens is 1. The molecule has 1 N–H and O–H groups in total. The predicted octanol–water partition coefficient (Wildman–Crippen LogP) is 3.22. The van der Waals surface area contributed by atoms with E-state index in [9.17, 15) is 4.39 Å². The summed E-state index contributed by atoms with van der Waals surface area (Å²) in [5, 5.41) is 6.89. The van der Waals surface area contributed by atoms with Crippen LogP contribution in [0, 0.1) is 11.7 Å². The molecular formula is C21H22FN3O4. The third-order valence-electron chi connectivity index (χ3n) is 4.84. The number of rotatable bonds is 5. The molecule has 1 aromatic carbocycles. The van der Waals surface area contributed by atoms with Gasteiger partial charge >= 0.3 is 0 Å². The average molecular weight is 399 g/mol. The Morgan fingerprint density at radius 2 is 2.03 bits per heavy atom. The molecule has 152 valence electrons. The normalized spacial score (nSPS) is 18.0. The van der Waals surface area contributed by atoms with E-state index >= 15 is 0 Å². The molecule has 0 bridgehead atoms. The molecule has 0 aliphatic carbocycles. The Kier molecular flexibility index (Phi) is 6.91. The fourth-order valence-corrected chi connectivity index (χ4v) is 3.55. The molecule has 2 atom stereocenters. The molecule has 1 aliphatic heterocycles. The van der Waals surface area contributed by atoms with Gasteiger partial charge in [0.2, 0.25) is 0 Å². The van der Waals surface area contributed by atoms with Crippen LogP contribution in [-0.2, 0) is 16.0 Å². The van der Waals surface area contributed by atoms with Crippen molar-refractivity contribution < 1.29 is 23.8 Å². The van der Waals surface area contributed by atoms with Gasteiger partial charge < -0.3 is 19.1 Å². The lowest BCUT2D eigenvalue weighted by molar-refractivity contribution is -0.122. The van der Waals surface area contributed by atoms with Gasteiger partial charge in [-0.1, -0.05) is 0 Å². The van der Waals surface area contributed by atoms with Crippen LogP contribution in [0.25, 0.3) is 11.4 Å². The van der Waals surface area contributed by atoms with Crippen molar-refractivity contribution in [2.24, 2.45) is 5.92 Å². The van der Waals surface area contributed by atoms with Crippen molar-refractivity contribution >= 4 is 6.47 Å². The minimum Gasteiger partial charge on any atom is -0.496 e. The van der Waals surface area contributed by atoms with E-state index < -0.39 is 0 Å². The van der Waals surface area contributed by atoms with E-state index in [4.69, 9.17) is 19.4 Å². The number of benzene rings is 1. The largest absolute Gasteiger partial charge is 0.496 e. The Morgan fingerprint density at radius 3 is 2.76 bits per heavy atom. The number of ether oxygens (including phenoxy) is 2. The second-order valence-corrected chi connectivity index (χ2v) is 6.53. The lowest BCUT2D eigenvalue weighted by atomic mass is 9.95. The molecule has 0 unspecified atom stereocenters. The summed E-state index contributed by atoms with van der Waals surface area (Å²) in [6, 6.07) is 8.75. The topological polar surface area (TPSA) is 86.5 Å². The first kappa shape index (κ1) is 20.5. The van der Waals surface area contributed by atoms with Crippen LogP contribution in [0.15, 0.2) is 55.1 Å². The first-order valence-electron chi connectivity index (χ1n) is 9.09. The van der Waals surface area contributed by atoms with Crippen molar-refractivity contribution in [3.63, 3.8) is 0 Å². The van der Waals surface area contributed by atoms with Gasteiger partial charge in [-0.15, -0.1) is 0 Å². The monoisotopic (exact) mass is 399 g/mol. The molecule has 4 rings (SSSR count). The first-order chi connectivity index (χ1) is 14.2. The standard InChI is InChI=1S/C20H20FN3O2.CH2O2/c1-25-19-11-16(21)2-3-17(19)20-23-8-9-24(20)18-13-26-12-15(18)10-14-4-6-22-7-5-14;2-1-3/h2-9,11,15,18H,10,12-13H2,1H3;1H,(H,2,3)/t15-,18+;/m0./s1. The molecule has 8 heteroatoms. The van der Waals surface area contributed by atoms with Gasteiger partial charge in [-0.2, -0.15) is 0 Å². The molecule has 7 nitrogen and oxygen atoms in total. The van der Waals surface area contributed by atoms with E-state index in [0.717, 1.165) is 17.8 Å². The number of carboxylic acid groups (broad SMARTS) is 1. The summed E-state index contributed by atoms with van der Waals surface area (Å²) in [6.45, 7) is 1.08. The zero-order chi connectivity index (χ0) is 20.6. The maximum absolute atomic E-state index is 13.5. The van der Waals surface area contributed by atoms with Gasteiger partial charge in [0, 0.05) is 36.8 Å². The Morgan fingerprint density at radius 1 is 1.28 bits per heavy atom. The van der Waals surface area contributed by atoms with Gasteiger partial charge in [0.25, 0.3) is 6.47 Å². The molecule has 2 aromatic heterocycles. The van der Waals surface area contributed by atoms with Crippen LogP contribution < -0.4 is 4.74 Å². The average Bonchev–Trinajstić information content (AvgIpc) is 3.38. The number of pyridine rings is 1. The quantitative estimate of drug-likeness (QED) is 0.663. The van der Waals surface area contributed by atoms with Crippen molar-refractivity contribution in [3.8, 4) is 17.1 Å². The first-order valence-corrected chi connectivity index (χ1v) is 9.09. The molecule has 1 fully saturated rings. The van der Waals surface area contributed by atoms with Crippen LogP contribution in [0.2, 0.25) is 0 Å². The predicted molar refractivity (Wildman–Crippen MR) is 104 cm³/mol. The zero-order valence-electron chi connectivity index (χ0n) is 15.9. The summed E-state index contributed by atoms with van der Waals surface area (Å²) in [5.41, 5.74) is 2.01. The van der Waals surface area contributed by atoms with Crippen molar-refractivity contribution in [3.05, 3.63) is 66.5 Å². The highest BCUT2D eigenvalue weighted by molar-refractivity contribution is 5.64. The third-order valence-corrected chi connectivity index (χ3v) is 4.84. The van der Waals surface area contributed by atoms with Crippen molar-refractivity contribution in [1.29, 1.82) is 0 Å². The fourth-order valence-electron chi connectivity index (χ4n) is 3.55. The minimum absolute atomic E-state index is 0.162. The third kappa shape index (κ3) is 4.78. The molecule has 3 heterocycles. The Bertz CT molecular complexity index is 933. The fraction of sp³-hybridized carbons (Fsp3) is 0.286. The highest BCUT2D eigenvalue weighted by atomic mass is 19.1. The van der Waals surface area contributed by atoms with E-state index in [-0.39, 0.29) is 18.3 Å². The number of carbonyl (C=O) groups is 1. The number of aromatic nitrogens is 3. The minimum atomic E-state index is -0.330. The molecule has 3 aromatic rings. The molecule has 1 saturated heterocycles. The van der Waals surface area contributed by atoms with Gasteiger partial charge in [0.05, 0.1) is 31.9 Å². The van der Waals surface area contributed by atoms with Crippen LogP contribution in [0.3, 0.4) is 0 Å². The summed E-state index contributed by atoms with van der Waals surface area (Å²) >= 11 is 0. The van der Waals surface area contributed by atoms with Gasteiger partial charge in [0.1, 0.15) is 17.4 Å². The lowest BCUT2D eigenvalue weighted by Gasteiger charge is -2.22. The molecule has 0 spiro atoms. The van der Waals surface area contributed by atoms with E-state index in [2.05, 4.69) is 14.5 Å². The number of hydrogen-bond donors (Lipinski definition) is 1. The number of hydrogen-bond acceptors (Lipinski definition) is 5. The SMILES string of the molecule is COc1cc(F)ccc1-c1nccn1[C@@H]1COC[C@@H]1Cc1ccncc1.O=CO. The smallest absolute Gasteiger partial charge is 0.290 e. The maximum Gasteiger partial charge on any atom is 0.290 e. The number of nitrogens with zero attached hydrogens (tertiary/aromatic N) is 3. The van der Waals surface area contributed by atoms with Gasteiger partial charge in [-0.05, 0) is 36.2 Å². The van der Waals surface area contributed by atoms with Crippen molar-refractivity contribution in [2.75, 3.05) is 20.3 Å². The van der Waals surface area contributed by atoms with Gasteiger partial charge in [-0.3, -0.25) is 9.78 Å². The maximum atomic E-state index is 13.5. The highest BCUT2D eigenvalue weighted by Gasteiger charge is 2.31. The molecule has 0 amide bonds. The molecular weight excluding hydrogens is 377 g/mol. The van der Waals surface area contributed by atoms with E-state index in [0.29, 0.717) is 24.9 Å². The van der Waals surface area contributed by atoms with Crippen LogP contribution in [0.4, 0.5) is 4.39 Å². The summed E-state index contributed by atoms with van der Waals surface area (Å²) < 4.78 is 26.8. The van der Waals surface area contributed by atoms with E-state index in [1.165, 1.54) is 24.8 Å².